The van der Waals surface area contributed by atoms with Gasteiger partial charge in [0.1, 0.15) is 5.75 Å². The molecule has 1 aliphatic carbocycles. The number of hydrogen-bond acceptors (Lipinski definition) is 4. The van der Waals surface area contributed by atoms with Crippen LogP contribution in [0.25, 0.3) is 0 Å². The minimum Gasteiger partial charge on any atom is -0.496 e. The van der Waals surface area contributed by atoms with Crippen LogP contribution in [-0.4, -0.2) is 37.6 Å². The van der Waals surface area contributed by atoms with Crippen LogP contribution in [-0.2, 0) is 17.6 Å². The normalized spacial score (nSPS) is 19.8. The molecule has 1 aliphatic heterocycles. The molecule has 0 unspecified atom stereocenters. The van der Waals surface area contributed by atoms with Gasteiger partial charge in [0.2, 0.25) is 5.91 Å². The summed E-state index contributed by atoms with van der Waals surface area (Å²) in [5.41, 5.74) is 2.61. The van der Waals surface area contributed by atoms with Gasteiger partial charge < -0.3 is 10.1 Å². The molecule has 1 N–H and O–H groups in total. The summed E-state index contributed by atoms with van der Waals surface area (Å²) >= 11 is 1.87. The van der Waals surface area contributed by atoms with Crippen molar-refractivity contribution < 1.29 is 9.53 Å². The molecule has 5 heteroatoms. The molecular weight excluding hydrogens is 344 g/mol. The third kappa shape index (κ3) is 3.79. The van der Waals surface area contributed by atoms with Crippen molar-refractivity contribution in [1.82, 2.24) is 10.2 Å². The van der Waals surface area contributed by atoms with Crippen molar-refractivity contribution in [3.63, 3.8) is 0 Å². The fraction of sp³-hybridized carbons (Fsp3) is 0.476. The lowest BCUT2D eigenvalue weighted by Crippen LogP contribution is -2.43. The van der Waals surface area contributed by atoms with Gasteiger partial charge in [0.25, 0.3) is 0 Å². The number of amides is 1. The summed E-state index contributed by atoms with van der Waals surface area (Å²) in [5.74, 6) is 1.76. The topological polar surface area (TPSA) is 41.6 Å². The van der Waals surface area contributed by atoms with Gasteiger partial charge in [-0.15, -0.1) is 11.3 Å². The van der Waals surface area contributed by atoms with Crippen LogP contribution in [0.1, 0.15) is 34.9 Å². The smallest absolute Gasteiger partial charge is 0.234 e. The lowest BCUT2D eigenvalue weighted by atomic mass is 9.96. The van der Waals surface area contributed by atoms with E-state index in [4.69, 9.17) is 4.74 Å². The first-order chi connectivity index (χ1) is 12.8. The van der Waals surface area contributed by atoms with Gasteiger partial charge in [-0.05, 0) is 60.2 Å². The summed E-state index contributed by atoms with van der Waals surface area (Å²) in [6, 6.07) is 10.7. The summed E-state index contributed by atoms with van der Waals surface area (Å²) < 4.78 is 5.38. The Labute approximate surface area is 159 Å². The molecule has 0 spiro atoms. The highest BCUT2D eigenvalue weighted by molar-refractivity contribution is 7.10. The predicted molar refractivity (Wildman–Crippen MR) is 105 cm³/mol. The van der Waals surface area contributed by atoms with Gasteiger partial charge >= 0.3 is 0 Å². The van der Waals surface area contributed by atoms with Gasteiger partial charge in [0, 0.05) is 24.0 Å². The number of hydrogen-bond donors (Lipinski definition) is 1. The van der Waals surface area contributed by atoms with Crippen LogP contribution in [0.15, 0.2) is 35.7 Å². The van der Waals surface area contributed by atoms with Crippen molar-refractivity contribution in [3.05, 3.63) is 51.7 Å². The number of ether oxygens (including phenoxy) is 1. The minimum atomic E-state index is 0.129. The monoisotopic (exact) mass is 370 g/mol. The van der Waals surface area contributed by atoms with Crippen LogP contribution < -0.4 is 10.1 Å². The molecule has 2 aliphatic rings. The summed E-state index contributed by atoms with van der Waals surface area (Å²) in [6.07, 6.45) is 4.46. The molecule has 0 radical (unpaired) electrons. The number of nitrogens with one attached hydrogen (secondary N) is 1. The van der Waals surface area contributed by atoms with Crippen molar-refractivity contribution >= 4 is 17.2 Å². The second-order valence-electron chi connectivity index (χ2n) is 7.21. The van der Waals surface area contributed by atoms with Gasteiger partial charge in [-0.25, -0.2) is 0 Å². The zero-order valence-corrected chi connectivity index (χ0v) is 16.1. The van der Waals surface area contributed by atoms with E-state index >= 15 is 0 Å². The highest BCUT2D eigenvalue weighted by Gasteiger charge is 2.40. The number of rotatable bonds is 7. The molecule has 1 saturated carbocycles. The zero-order chi connectivity index (χ0) is 17.9. The SMILES string of the molecule is COc1ccccc1CCNC(=O)CN1CCc2sccc2[C@H]1C1CC1. The van der Waals surface area contributed by atoms with Crippen LogP contribution >= 0.6 is 11.3 Å². The summed E-state index contributed by atoms with van der Waals surface area (Å²) in [6.45, 7) is 2.14. The molecule has 1 aromatic heterocycles. The number of benzene rings is 1. The van der Waals surface area contributed by atoms with Crippen LogP contribution in [0, 0.1) is 5.92 Å². The van der Waals surface area contributed by atoms with Gasteiger partial charge in [-0.3, -0.25) is 9.69 Å². The second kappa shape index (κ2) is 7.80. The van der Waals surface area contributed by atoms with E-state index in [1.807, 2.05) is 29.5 Å². The van der Waals surface area contributed by atoms with Crippen molar-refractivity contribution in [1.29, 1.82) is 0 Å². The Balaban J connectivity index is 1.32. The highest BCUT2D eigenvalue weighted by Crippen LogP contribution is 2.48. The second-order valence-corrected chi connectivity index (χ2v) is 8.21. The molecule has 1 atom stereocenters. The van der Waals surface area contributed by atoms with E-state index in [0.717, 1.165) is 36.6 Å². The van der Waals surface area contributed by atoms with E-state index in [9.17, 15) is 4.79 Å². The van der Waals surface area contributed by atoms with E-state index in [2.05, 4.69) is 27.7 Å². The Bertz CT molecular complexity index is 769. The largest absolute Gasteiger partial charge is 0.496 e. The fourth-order valence-electron chi connectivity index (χ4n) is 4.03. The Kier molecular flexibility index (Phi) is 5.27. The lowest BCUT2D eigenvalue weighted by Gasteiger charge is -2.35. The molecule has 2 aromatic rings. The van der Waals surface area contributed by atoms with Gasteiger partial charge in [0.05, 0.1) is 13.7 Å². The average molecular weight is 371 g/mol. The first kappa shape index (κ1) is 17.6. The average Bonchev–Trinajstić information content (AvgIpc) is 3.38. The van der Waals surface area contributed by atoms with Crippen LogP contribution in [0.2, 0.25) is 0 Å². The standard InChI is InChI=1S/C21H26N2O2S/c1-25-18-5-3-2-4-15(18)8-11-22-20(24)14-23-12-9-19-17(10-13-26-19)21(23)16-6-7-16/h2-5,10,13,16,21H,6-9,11-12,14H2,1H3,(H,22,24)/t21-/m1/s1. The number of carbonyl (C=O) groups is 1. The van der Waals surface area contributed by atoms with Crippen LogP contribution in [0.4, 0.5) is 0 Å². The quantitative estimate of drug-likeness (QED) is 0.812. The number of carbonyl (C=O) groups excluding carboxylic acids is 1. The third-order valence-corrected chi connectivity index (χ3v) is 6.44. The molecule has 0 bridgehead atoms. The summed E-state index contributed by atoms with van der Waals surface area (Å²) in [7, 11) is 1.69. The van der Waals surface area contributed by atoms with Crippen molar-refractivity contribution in [2.24, 2.45) is 5.92 Å². The number of nitrogens with zero attached hydrogens (tertiary/aromatic N) is 1. The van der Waals surface area contributed by atoms with E-state index in [0.29, 0.717) is 19.1 Å². The molecule has 138 valence electrons. The summed E-state index contributed by atoms with van der Waals surface area (Å²) in [5, 5.41) is 5.30. The molecule has 1 amide bonds. The van der Waals surface area contributed by atoms with Gasteiger partial charge in [-0.1, -0.05) is 18.2 Å². The first-order valence-electron chi connectivity index (χ1n) is 9.45. The van der Waals surface area contributed by atoms with E-state index < -0.39 is 0 Å². The molecule has 1 fully saturated rings. The predicted octanol–water partition coefficient (Wildman–Crippen LogP) is 3.42. The van der Waals surface area contributed by atoms with Crippen LogP contribution in [0.3, 0.4) is 0 Å². The Morgan fingerprint density at radius 2 is 2.15 bits per heavy atom. The molecule has 26 heavy (non-hydrogen) atoms. The highest BCUT2D eigenvalue weighted by atomic mass is 32.1. The van der Waals surface area contributed by atoms with Gasteiger partial charge in [-0.2, -0.15) is 0 Å². The summed E-state index contributed by atoms with van der Waals surface area (Å²) in [4.78, 5) is 16.4. The lowest BCUT2D eigenvalue weighted by molar-refractivity contribution is -0.123. The third-order valence-electron chi connectivity index (χ3n) is 5.44. The molecule has 2 heterocycles. The minimum absolute atomic E-state index is 0.129. The Hall–Kier alpha value is -1.85. The molecule has 4 rings (SSSR count). The maximum absolute atomic E-state index is 12.5. The fourth-order valence-corrected chi connectivity index (χ4v) is 4.94. The van der Waals surface area contributed by atoms with Crippen molar-refractivity contribution in [2.45, 2.75) is 31.7 Å². The number of thiophene rings is 1. The molecule has 4 nitrogen and oxygen atoms in total. The molecular formula is C21H26N2O2S. The Morgan fingerprint density at radius 3 is 2.96 bits per heavy atom. The molecule has 1 aromatic carbocycles. The first-order valence-corrected chi connectivity index (χ1v) is 10.3. The maximum atomic E-state index is 12.5. The van der Waals surface area contributed by atoms with Crippen molar-refractivity contribution in [2.75, 3.05) is 26.7 Å². The number of fused-ring (bicyclic) bond motifs is 1. The molecule has 0 saturated heterocycles. The van der Waals surface area contributed by atoms with E-state index in [-0.39, 0.29) is 5.91 Å². The zero-order valence-electron chi connectivity index (χ0n) is 15.2. The number of para-hydroxylation sites is 1. The van der Waals surface area contributed by atoms with Crippen LogP contribution in [0.5, 0.6) is 5.75 Å². The van der Waals surface area contributed by atoms with E-state index in [1.54, 1.807) is 7.11 Å². The number of methoxy groups -OCH3 is 1. The Morgan fingerprint density at radius 1 is 1.31 bits per heavy atom. The van der Waals surface area contributed by atoms with Gasteiger partial charge in [0.15, 0.2) is 0 Å². The maximum Gasteiger partial charge on any atom is 0.234 e. The van der Waals surface area contributed by atoms with E-state index in [1.165, 1.54) is 23.3 Å². The van der Waals surface area contributed by atoms with Crippen molar-refractivity contribution in [3.8, 4) is 5.75 Å².